The maximum Gasteiger partial charge on any atom is 0.404 e. The molecule has 7 heteroatoms. The molecule has 1 N–H and O–H groups in total. The summed E-state index contributed by atoms with van der Waals surface area (Å²) in [6.45, 7) is 4.13. The van der Waals surface area contributed by atoms with E-state index in [1.54, 1.807) is 11.8 Å². The highest BCUT2D eigenvalue weighted by Gasteiger charge is 2.42. The molecule has 0 aromatic carbocycles. The van der Waals surface area contributed by atoms with Crippen LogP contribution in [0.5, 0.6) is 0 Å². The first-order valence-corrected chi connectivity index (χ1v) is 5.07. The van der Waals surface area contributed by atoms with Crippen molar-refractivity contribution in [3.63, 3.8) is 0 Å². The maximum absolute atomic E-state index is 12.6. The first-order valence-electron chi connectivity index (χ1n) is 5.07. The Bertz CT molecular complexity index is 173. The largest absolute Gasteiger partial charge is 0.404 e. The van der Waals surface area contributed by atoms with Gasteiger partial charge in [-0.05, 0) is 6.42 Å². The average molecular weight is 283 g/mol. The van der Waals surface area contributed by atoms with Crippen LogP contribution in [0.4, 0.5) is 13.2 Å². The van der Waals surface area contributed by atoms with E-state index in [-0.39, 0.29) is 31.2 Å². The fraction of sp³-hybridized carbons (Fsp3) is 1.00. The van der Waals surface area contributed by atoms with Crippen LogP contribution in [0.15, 0.2) is 0 Å². The zero-order chi connectivity index (χ0) is 10.6. The molecule has 16 heavy (non-hydrogen) atoms. The van der Waals surface area contributed by atoms with E-state index in [1.165, 1.54) is 0 Å². The Morgan fingerprint density at radius 1 is 1.19 bits per heavy atom. The SMILES string of the molecule is CCC[C@H](N1CCNCC1)C(F)(F)F.Cl.Cl. The number of hydrogen-bond acceptors (Lipinski definition) is 2. The second-order valence-electron chi connectivity index (χ2n) is 3.63. The van der Waals surface area contributed by atoms with Crippen LogP contribution < -0.4 is 5.32 Å². The highest BCUT2D eigenvalue weighted by atomic mass is 35.5. The first-order chi connectivity index (χ1) is 6.55. The zero-order valence-electron chi connectivity index (χ0n) is 9.22. The number of rotatable bonds is 3. The number of alkyl halides is 3. The lowest BCUT2D eigenvalue weighted by Crippen LogP contribution is -2.53. The Labute approximate surface area is 107 Å². The summed E-state index contributed by atoms with van der Waals surface area (Å²) in [5.74, 6) is 0. The van der Waals surface area contributed by atoms with Crippen molar-refractivity contribution in [1.29, 1.82) is 0 Å². The zero-order valence-corrected chi connectivity index (χ0v) is 10.9. The lowest BCUT2D eigenvalue weighted by Gasteiger charge is -2.35. The summed E-state index contributed by atoms with van der Waals surface area (Å²) in [6, 6.07) is -1.24. The second-order valence-corrected chi connectivity index (χ2v) is 3.63. The van der Waals surface area contributed by atoms with Gasteiger partial charge in [-0.25, -0.2) is 0 Å². The monoisotopic (exact) mass is 282 g/mol. The minimum atomic E-state index is -4.08. The van der Waals surface area contributed by atoms with Crippen molar-refractivity contribution in [2.24, 2.45) is 0 Å². The van der Waals surface area contributed by atoms with Crippen LogP contribution in [0.2, 0.25) is 0 Å². The molecule has 1 aliphatic heterocycles. The van der Waals surface area contributed by atoms with E-state index in [0.717, 1.165) is 0 Å². The van der Waals surface area contributed by atoms with Crippen molar-refractivity contribution in [1.82, 2.24) is 10.2 Å². The smallest absolute Gasteiger partial charge is 0.314 e. The van der Waals surface area contributed by atoms with Gasteiger partial charge in [-0.3, -0.25) is 4.90 Å². The molecule has 1 aliphatic rings. The lowest BCUT2D eigenvalue weighted by molar-refractivity contribution is -0.186. The van der Waals surface area contributed by atoms with Gasteiger partial charge in [-0.15, -0.1) is 24.8 Å². The average Bonchev–Trinajstić information content (AvgIpc) is 2.14. The van der Waals surface area contributed by atoms with Crippen LogP contribution in [0.1, 0.15) is 19.8 Å². The molecule has 100 valence electrons. The topological polar surface area (TPSA) is 15.3 Å². The molecule has 1 atom stereocenters. The molecule has 0 saturated carbocycles. The molecular formula is C9H19Cl2F3N2. The Morgan fingerprint density at radius 3 is 2.06 bits per heavy atom. The van der Waals surface area contributed by atoms with Crippen molar-refractivity contribution in [3.8, 4) is 0 Å². The van der Waals surface area contributed by atoms with Crippen LogP contribution in [0.3, 0.4) is 0 Å². The van der Waals surface area contributed by atoms with Crippen molar-refractivity contribution in [3.05, 3.63) is 0 Å². The van der Waals surface area contributed by atoms with Crippen molar-refractivity contribution in [2.45, 2.75) is 32.0 Å². The Hall–Kier alpha value is 0.290. The Balaban J connectivity index is 0. The number of nitrogens with zero attached hydrogens (tertiary/aromatic N) is 1. The highest BCUT2D eigenvalue weighted by Crippen LogP contribution is 2.28. The Morgan fingerprint density at radius 2 is 1.69 bits per heavy atom. The fourth-order valence-electron chi connectivity index (χ4n) is 1.82. The molecule has 1 fully saturated rings. The van der Waals surface area contributed by atoms with Gasteiger partial charge >= 0.3 is 6.18 Å². The van der Waals surface area contributed by atoms with Gasteiger partial charge in [0.15, 0.2) is 0 Å². The number of nitrogens with one attached hydrogen (secondary N) is 1. The fourth-order valence-corrected chi connectivity index (χ4v) is 1.82. The van der Waals surface area contributed by atoms with Crippen molar-refractivity contribution in [2.75, 3.05) is 26.2 Å². The van der Waals surface area contributed by atoms with Gasteiger partial charge in [0.05, 0.1) is 0 Å². The van der Waals surface area contributed by atoms with E-state index in [2.05, 4.69) is 5.32 Å². The normalized spacial score (nSPS) is 19.5. The number of halogens is 5. The third-order valence-corrected chi connectivity index (χ3v) is 2.53. The summed E-state index contributed by atoms with van der Waals surface area (Å²) in [5.41, 5.74) is 0. The second kappa shape index (κ2) is 8.39. The highest BCUT2D eigenvalue weighted by molar-refractivity contribution is 5.85. The molecule has 0 aromatic rings. The molecule has 1 heterocycles. The van der Waals surface area contributed by atoms with Crippen LogP contribution in [-0.4, -0.2) is 43.3 Å². The first kappa shape index (κ1) is 18.6. The maximum atomic E-state index is 12.6. The summed E-state index contributed by atoms with van der Waals surface area (Å²) in [5, 5.41) is 3.05. The van der Waals surface area contributed by atoms with E-state index in [9.17, 15) is 13.2 Å². The third kappa shape index (κ3) is 5.57. The van der Waals surface area contributed by atoms with Crippen LogP contribution >= 0.6 is 24.8 Å². The summed E-state index contributed by atoms with van der Waals surface area (Å²) >= 11 is 0. The molecule has 0 unspecified atom stereocenters. The summed E-state index contributed by atoms with van der Waals surface area (Å²) in [7, 11) is 0. The van der Waals surface area contributed by atoms with E-state index < -0.39 is 12.2 Å². The van der Waals surface area contributed by atoms with E-state index in [0.29, 0.717) is 32.6 Å². The standard InChI is InChI=1S/C9H17F3N2.2ClH/c1-2-3-8(9(10,11)12)14-6-4-13-5-7-14;;/h8,13H,2-7H2,1H3;2*1H/t8-;;/m0../s1. The molecule has 2 nitrogen and oxygen atoms in total. The predicted molar refractivity (Wildman–Crippen MR) is 63.7 cm³/mol. The van der Waals surface area contributed by atoms with Crippen molar-refractivity contribution < 1.29 is 13.2 Å². The van der Waals surface area contributed by atoms with Gasteiger partial charge < -0.3 is 5.32 Å². The van der Waals surface area contributed by atoms with E-state index in [4.69, 9.17) is 0 Å². The van der Waals surface area contributed by atoms with Crippen molar-refractivity contribution >= 4 is 24.8 Å². The van der Waals surface area contributed by atoms with E-state index in [1.807, 2.05) is 0 Å². The van der Waals surface area contributed by atoms with Gasteiger partial charge in [-0.2, -0.15) is 13.2 Å². The van der Waals surface area contributed by atoms with Gasteiger partial charge in [-0.1, -0.05) is 13.3 Å². The molecule has 0 spiro atoms. The predicted octanol–water partition coefficient (Wildman–Crippen LogP) is 2.47. The van der Waals surface area contributed by atoms with Gasteiger partial charge in [0.25, 0.3) is 0 Å². The van der Waals surface area contributed by atoms with Gasteiger partial charge in [0, 0.05) is 26.2 Å². The van der Waals surface area contributed by atoms with Crippen LogP contribution in [-0.2, 0) is 0 Å². The molecule has 0 aromatic heterocycles. The Kier molecular flexibility index (Phi) is 9.78. The molecular weight excluding hydrogens is 264 g/mol. The minimum Gasteiger partial charge on any atom is -0.314 e. The molecule has 1 saturated heterocycles. The summed E-state index contributed by atoms with van der Waals surface area (Å²) in [4.78, 5) is 1.54. The van der Waals surface area contributed by atoms with Crippen LogP contribution in [0.25, 0.3) is 0 Å². The number of hydrogen-bond donors (Lipinski definition) is 1. The van der Waals surface area contributed by atoms with Gasteiger partial charge in [0.1, 0.15) is 6.04 Å². The molecule has 0 bridgehead atoms. The molecule has 0 aliphatic carbocycles. The summed E-state index contributed by atoms with van der Waals surface area (Å²) in [6.07, 6.45) is -3.29. The van der Waals surface area contributed by atoms with Crippen LogP contribution in [0, 0.1) is 0 Å². The van der Waals surface area contributed by atoms with E-state index >= 15 is 0 Å². The van der Waals surface area contributed by atoms with Gasteiger partial charge in [0.2, 0.25) is 0 Å². The number of piperazine rings is 1. The lowest BCUT2D eigenvalue weighted by atomic mass is 10.1. The quantitative estimate of drug-likeness (QED) is 0.856. The summed E-state index contributed by atoms with van der Waals surface area (Å²) < 4.78 is 37.9. The molecule has 1 rings (SSSR count). The minimum absolute atomic E-state index is 0. The third-order valence-electron chi connectivity index (χ3n) is 2.53. The molecule has 0 radical (unpaired) electrons. The molecule has 0 amide bonds.